The third-order valence-corrected chi connectivity index (χ3v) is 4.02. The molecule has 0 aromatic heterocycles. The van der Waals surface area contributed by atoms with E-state index in [9.17, 15) is 8.42 Å². The number of halogens is 1. The summed E-state index contributed by atoms with van der Waals surface area (Å²) in [7, 11) is -3.47. The van der Waals surface area contributed by atoms with Gasteiger partial charge in [0, 0.05) is 0 Å². The molecule has 1 rings (SSSR count). The van der Waals surface area contributed by atoms with Crippen molar-refractivity contribution in [1.82, 2.24) is 0 Å². The summed E-state index contributed by atoms with van der Waals surface area (Å²) in [5.74, 6) is -0.309. The van der Waals surface area contributed by atoms with E-state index in [4.69, 9.17) is 16.7 Å². The summed E-state index contributed by atoms with van der Waals surface area (Å²) in [5, 5.41) is 9.21. The Hall–Kier alpha value is -0.580. The molecule has 0 spiro atoms. The highest BCUT2D eigenvalue weighted by atomic mass is 35.5. The maximum absolute atomic E-state index is 11.6. The van der Waals surface area contributed by atoms with Crippen molar-refractivity contribution in [3.63, 3.8) is 0 Å². The zero-order valence-electron chi connectivity index (χ0n) is 7.64. The van der Waals surface area contributed by atoms with E-state index in [2.05, 4.69) is 0 Å². The highest BCUT2D eigenvalue weighted by molar-refractivity contribution is 7.91. The minimum atomic E-state index is -3.47. The molecule has 1 N–H and O–H groups in total. The van der Waals surface area contributed by atoms with Crippen molar-refractivity contribution in [3.8, 4) is 0 Å². The molecule has 0 aliphatic heterocycles. The molecule has 0 saturated heterocycles. The Bertz CT molecular complexity index is 412. The number of sulfone groups is 1. The van der Waals surface area contributed by atoms with Crippen LogP contribution in [0.2, 0.25) is 5.02 Å². The fraction of sp³-hybridized carbons (Fsp3) is 0.333. The predicted molar refractivity (Wildman–Crippen MR) is 55.2 cm³/mol. The third-order valence-electron chi connectivity index (χ3n) is 1.63. The van der Waals surface area contributed by atoms with Crippen LogP contribution in [-0.4, -0.2) is 25.4 Å². The fourth-order valence-corrected chi connectivity index (χ4v) is 3.06. The first kappa shape index (κ1) is 11.5. The standard InChI is InChI=1S/C9H11ClO3S/c1-7(11)6-14(12,13)9-5-3-2-4-8(9)10/h2-5,7,11H,6H2,1H3. The van der Waals surface area contributed by atoms with E-state index in [0.717, 1.165) is 0 Å². The summed E-state index contributed by atoms with van der Waals surface area (Å²) in [6.07, 6.45) is -0.892. The Morgan fingerprint density at radius 1 is 1.43 bits per heavy atom. The summed E-state index contributed by atoms with van der Waals surface area (Å²) >= 11 is 5.73. The molecule has 3 nitrogen and oxygen atoms in total. The van der Waals surface area contributed by atoms with Gasteiger partial charge in [-0.2, -0.15) is 0 Å². The number of rotatable bonds is 3. The topological polar surface area (TPSA) is 54.4 Å². The normalized spacial score (nSPS) is 13.9. The molecule has 1 atom stereocenters. The molecule has 0 radical (unpaired) electrons. The summed E-state index contributed by atoms with van der Waals surface area (Å²) in [5.41, 5.74) is 0. The molecular formula is C9H11ClO3S. The molecule has 1 aromatic rings. The van der Waals surface area contributed by atoms with Crippen LogP contribution in [-0.2, 0) is 9.84 Å². The van der Waals surface area contributed by atoms with Crippen LogP contribution in [0.3, 0.4) is 0 Å². The van der Waals surface area contributed by atoms with Gasteiger partial charge in [0.25, 0.3) is 0 Å². The predicted octanol–water partition coefficient (Wildman–Crippen LogP) is 1.49. The van der Waals surface area contributed by atoms with E-state index in [1.54, 1.807) is 12.1 Å². The van der Waals surface area contributed by atoms with Crippen molar-refractivity contribution in [2.45, 2.75) is 17.9 Å². The van der Waals surface area contributed by atoms with Crippen LogP contribution in [0.25, 0.3) is 0 Å². The molecule has 0 heterocycles. The Morgan fingerprint density at radius 2 is 2.00 bits per heavy atom. The summed E-state index contributed by atoms with van der Waals surface area (Å²) in [6.45, 7) is 1.42. The second-order valence-electron chi connectivity index (χ2n) is 3.06. The van der Waals surface area contributed by atoms with Crippen LogP contribution in [0.1, 0.15) is 6.92 Å². The Kier molecular flexibility index (Phi) is 3.53. The summed E-state index contributed by atoms with van der Waals surface area (Å²) in [4.78, 5) is 0.0718. The van der Waals surface area contributed by atoms with Gasteiger partial charge >= 0.3 is 0 Å². The van der Waals surface area contributed by atoms with E-state index in [-0.39, 0.29) is 15.7 Å². The van der Waals surface area contributed by atoms with Crippen LogP contribution in [0.4, 0.5) is 0 Å². The molecule has 0 aliphatic carbocycles. The molecule has 0 saturated carbocycles. The molecule has 1 unspecified atom stereocenters. The zero-order valence-corrected chi connectivity index (χ0v) is 9.22. The van der Waals surface area contributed by atoms with Gasteiger partial charge in [0.1, 0.15) is 0 Å². The Labute approximate surface area is 88.2 Å². The van der Waals surface area contributed by atoms with Crippen LogP contribution in [0, 0.1) is 0 Å². The Morgan fingerprint density at radius 3 is 2.50 bits per heavy atom. The van der Waals surface area contributed by atoms with Crippen molar-refractivity contribution in [2.24, 2.45) is 0 Å². The lowest BCUT2D eigenvalue weighted by Crippen LogP contribution is -2.17. The van der Waals surface area contributed by atoms with Crippen molar-refractivity contribution in [2.75, 3.05) is 5.75 Å². The van der Waals surface area contributed by atoms with Gasteiger partial charge in [-0.05, 0) is 19.1 Å². The number of benzene rings is 1. The number of hydrogen-bond acceptors (Lipinski definition) is 3. The first-order chi connectivity index (χ1) is 6.43. The summed E-state index contributed by atoms with van der Waals surface area (Å²) in [6, 6.07) is 6.20. The van der Waals surface area contributed by atoms with Crippen molar-refractivity contribution >= 4 is 21.4 Å². The number of aliphatic hydroxyl groups is 1. The molecular weight excluding hydrogens is 224 g/mol. The van der Waals surface area contributed by atoms with Crippen LogP contribution in [0.15, 0.2) is 29.2 Å². The van der Waals surface area contributed by atoms with Crippen molar-refractivity contribution in [1.29, 1.82) is 0 Å². The van der Waals surface area contributed by atoms with Gasteiger partial charge in [-0.3, -0.25) is 0 Å². The largest absolute Gasteiger partial charge is 0.392 e. The SMILES string of the molecule is CC(O)CS(=O)(=O)c1ccccc1Cl. The molecule has 0 amide bonds. The quantitative estimate of drug-likeness (QED) is 0.862. The first-order valence-corrected chi connectivity index (χ1v) is 6.12. The Balaban J connectivity index is 3.11. The number of aliphatic hydroxyl groups excluding tert-OH is 1. The molecule has 1 aromatic carbocycles. The first-order valence-electron chi connectivity index (χ1n) is 4.09. The summed E-state index contributed by atoms with van der Waals surface area (Å²) < 4.78 is 23.2. The highest BCUT2D eigenvalue weighted by Crippen LogP contribution is 2.21. The van der Waals surface area contributed by atoms with Crippen molar-refractivity contribution < 1.29 is 13.5 Å². The lowest BCUT2D eigenvalue weighted by atomic mass is 10.4. The fourth-order valence-electron chi connectivity index (χ4n) is 1.10. The smallest absolute Gasteiger partial charge is 0.182 e. The van der Waals surface area contributed by atoms with Crippen LogP contribution < -0.4 is 0 Å². The minimum absolute atomic E-state index is 0.0718. The van der Waals surface area contributed by atoms with Crippen LogP contribution in [0.5, 0.6) is 0 Å². The van der Waals surface area contributed by atoms with Gasteiger partial charge < -0.3 is 5.11 Å². The lowest BCUT2D eigenvalue weighted by molar-refractivity contribution is 0.218. The van der Waals surface area contributed by atoms with E-state index >= 15 is 0 Å². The second-order valence-corrected chi connectivity index (χ2v) is 5.47. The maximum atomic E-state index is 11.6. The maximum Gasteiger partial charge on any atom is 0.182 e. The van der Waals surface area contributed by atoms with E-state index in [1.807, 2.05) is 0 Å². The van der Waals surface area contributed by atoms with Crippen LogP contribution >= 0.6 is 11.6 Å². The molecule has 0 bridgehead atoms. The molecule has 14 heavy (non-hydrogen) atoms. The molecule has 5 heteroatoms. The number of hydrogen-bond donors (Lipinski definition) is 1. The average molecular weight is 235 g/mol. The van der Waals surface area contributed by atoms with Gasteiger partial charge in [-0.1, -0.05) is 23.7 Å². The minimum Gasteiger partial charge on any atom is -0.392 e. The zero-order chi connectivity index (χ0) is 10.8. The van der Waals surface area contributed by atoms with Gasteiger partial charge in [0.15, 0.2) is 9.84 Å². The highest BCUT2D eigenvalue weighted by Gasteiger charge is 2.19. The van der Waals surface area contributed by atoms with Gasteiger partial charge in [0.2, 0.25) is 0 Å². The second kappa shape index (κ2) is 4.29. The lowest BCUT2D eigenvalue weighted by Gasteiger charge is -2.07. The van der Waals surface area contributed by atoms with Gasteiger partial charge in [0.05, 0.1) is 21.8 Å². The van der Waals surface area contributed by atoms with E-state index in [0.29, 0.717) is 0 Å². The van der Waals surface area contributed by atoms with Gasteiger partial charge in [-0.25, -0.2) is 8.42 Å². The average Bonchev–Trinajstić information content (AvgIpc) is 2.02. The third kappa shape index (κ3) is 2.70. The van der Waals surface area contributed by atoms with Gasteiger partial charge in [-0.15, -0.1) is 0 Å². The van der Waals surface area contributed by atoms with Crippen molar-refractivity contribution in [3.05, 3.63) is 29.3 Å². The van der Waals surface area contributed by atoms with E-state index < -0.39 is 15.9 Å². The molecule has 78 valence electrons. The van der Waals surface area contributed by atoms with E-state index in [1.165, 1.54) is 19.1 Å². The molecule has 0 aliphatic rings. The molecule has 0 fully saturated rings. The monoisotopic (exact) mass is 234 g/mol.